The second-order valence-electron chi connectivity index (χ2n) is 10.9. The molecule has 3 aliphatic heterocycles. The summed E-state index contributed by atoms with van der Waals surface area (Å²) in [6.07, 6.45) is 4.38. The largest absolute Gasteiger partial charge is 0.473 e. The molecule has 43 heavy (non-hydrogen) atoms. The highest BCUT2D eigenvalue weighted by atomic mass is 35.5. The van der Waals surface area contributed by atoms with Gasteiger partial charge in [-0.15, -0.1) is 0 Å². The predicted octanol–water partition coefficient (Wildman–Crippen LogP) is 5.53. The van der Waals surface area contributed by atoms with E-state index < -0.39 is 5.82 Å². The highest BCUT2D eigenvalue weighted by Gasteiger charge is 2.25. The zero-order valence-corrected chi connectivity index (χ0v) is 24.1. The Kier molecular flexibility index (Phi) is 7.65. The zero-order chi connectivity index (χ0) is 29.3. The number of oxime groups is 1. The second-order valence-corrected chi connectivity index (χ2v) is 11.3. The number of ether oxygens (including phenoxy) is 2. The number of hydrogen-bond acceptors (Lipinski definition) is 8. The first-order chi connectivity index (χ1) is 21.0. The predicted molar refractivity (Wildman–Crippen MR) is 159 cm³/mol. The number of imidazole rings is 1. The quantitative estimate of drug-likeness (QED) is 0.233. The molecule has 2 aromatic heterocycles. The van der Waals surface area contributed by atoms with E-state index in [0.29, 0.717) is 28.7 Å². The molecular weight excluding hydrogens is 573 g/mol. The number of carbonyl (C=O) groups is 1. The summed E-state index contributed by atoms with van der Waals surface area (Å²) < 4.78 is 28.0. The summed E-state index contributed by atoms with van der Waals surface area (Å²) in [7, 11) is 0. The molecule has 0 aliphatic carbocycles. The molecule has 4 aromatic rings. The maximum absolute atomic E-state index is 14.1. The van der Waals surface area contributed by atoms with Gasteiger partial charge in [-0.3, -0.25) is 4.90 Å². The molecule has 0 radical (unpaired) electrons. The maximum Gasteiger partial charge on any atom is 0.341 e. The Balaban J connectivity index is 1.05. The number of halogens is 2. The number of rotatable bonds is 9. The van der Waals surface area contributed by atoms with Crippen LogP contribution in [0.2, 0.25) is 5.02 Å². The molecule has 7 rings (SSSR count). The van der Waals surface area contributed by atoms with Crippen molar-refractivity contribution in [3.63, 3.8) is 0 Å². The summed E-state index contributed by atoms with van der Waals surface area (Å²) in [6.45, 7) is 3.86. The van der Waals surface area contributed by atoms with Crippen molar-refractivity contribution < 1.29 is 23.5 Å². The lowest BCUT2D eigenvalue weighted by Crippen LogP contribution is -2.33. The highest BCUT2D eigenvalue weighted by molar-refractivity contribution is 6.30. The number of fused-ring (bicyclic) bond motifs is 1. The molecule has 1 fully saturated rings. The molecule has 2 aromatic carbocycles. The minimum Gasteiger partial charge on any atom is -0.473 e. The smallest absolute Gasteiger partial charge is 0.341 e. The third-order valence-corrected chi connectivity index (χ3v) is 8.25. The average molecular weight is 602 g/mol. The number of aromatic nitrogens is 3. The van der Waals surface area contributed by atoms with E-state index in [1.807, 2.05) is 30.3 Å². The van der Waals surface area contributed by atoms with Crippen molar-refractivity contribution in [2.75, 3.05) is 19.7 Å². The van der Waals surface area contributed by atoms with Gasteiger partial charge in [-0.05, 0) is 48.7 Å². The summed E-state index contributed by atoms with van der Waals surface area (Å²) in [5, 5.41) is 4.30. The first-order valence-corrected chi connectivity index (χ1v) is 14.7. The summed E-state index contributed by atoms with van der Waals surface area (Å²) in [5.41, 5.74) is 5.82. The van der Waals surface area contributed by atoms with Crippen molar-refractivity contribution in [3.8, 4) is 5.88 Å². The van der Waals surface area contributed by atoms with Crippen LogP contribution in [0.25, 0.3) is 16.6 Å². The fraction of sp³-hybridized carbons (Fsp3) is 0.312. The summed E-state index contributed by atoms with van der Waals surface area (Å²) >= 11 is 5.85. The van der Waals surface area contributed by atoms with Gasteiger partial charge >= 0.3 is 5.97 Å². The molecule has 0 bridgehead atoms. The zero-order valence-electron chi connectivity index (χ0n) is 23.3. The van der Waals surface area contributed by atoms with Crippen LogP contribution in [0.5, 0.6) is 5.88 Å². The summed E-state index contributed by atoms with van der Waals surface area (Å²) in [5.74, 6) is 0.679. The molecular formula is C32H29ClFN5O4. The van der Waals surface area contributed by atoms with Crippen LogP contribution in [-0.4, -0.2) is 56.9 Å². The Labute approximate surface area is 252 Å². The third-order valence-electron chi connectivity index (χ3n) is 8.01. The van der Waals surface area contributed by atoms with Crippen molar-refractivity contribution in [2.45, 2.75) is 45.1 Å². The number of nitrogens with zero attached hydrogens (tertiary/aromatic N) is 5. The first kappa shape index (κ1) is 27.7. The van der Waals surface area contributed by atoms with Gasteiger partial charge < -0.3 is 18.9 Å². The van der Waals surface area contributed by atoms with Crippen LogP contribution >= 0.6 is 11.6 Å². The van der Waals surface area contributed by atoms with Crippen LogP contribution in [0.3, 0.4) is 0 Å². The Morgan fingerprint density at radius 2 is 2.02 bits per heavy atom. The van der Waals surface area contributed by atoms with Gasteiger partial charge in [-0.1, -0.05) is 41.0 Å². The van der Waals surface area contributed by atoms with E-state index in [0.717, 1.165) is 72.8 Å². The lowest BCUT2D eigenvalue weighted by atomic mass is 10.0. The third kappa shape index (κ3) is 6.04. The van der Waals surface area contributed by atoms with E-state index in [2.05, 4.69) is 25.7 Å². The molecule has 1 saturated heterocycles. The summed E-state index contributed by atoms with van der Waals surface area (Å²) in [4.78, 5) is 28.4. The minimum absolute atomic E-state index is 0.0701. The highest BCUT2D eigenvalue weighted by Crippen LogP contribution is 2.27. The first-order valence-electron chi connectivity index (χ1n) is 14.3. The maximum atomic E-state index is 14.1. The van der Waals surface area contributed by atoms with Gasteiger partial charge in [0.15, 0.2) is 0 Å². The normalized spacial score (nSPS) is 18.7. The number of benzene rings is 2. The Hall–Kier alpha value is -4.12. The molecule has 11 heteroatoms. The monoisotopic (exact) mass is 601 g/mol. The van der Waals surface area contributed by atoms with Gasteiger partial charge in [0.25, 0.3) is 0 Å². The topological polar surface area (TPSA) is 91.1 Å². The lowest BCUT2D eigenvalue weighted by Gasteiger charge is -2.29. The van der Waals surface area contributed by atoms with Crippen LogP contribution in [-0.2, 0) is 34.1 Å². The molecule has 220 valence electrons. The number of pyridine rings is 1. The van der Waals surface area contributed by atoms with Crippen molar-refractivity contribution in [3.05, 3.63) is 94.2 Å². The molecule has 0 saturated carbocycles. The molecule has 5 heterocycles. The van der Waals surface area contributed by atoms with Gasteiger partial charge in [0.1, 0.15) is 18.2 Å². The van der Waals surface area contributed by atoms with Crippen molar-refractivity contribution in [1.29, 1.82) is 0 Å². The van der Waals surface area contributed by atoms with Gasteiger partial charge in [0.2, 0.25) is 5.88 Å². The number of hydrogen-bond donors (Lipinski definition) is 0. The van der Waals surface area contributed by atoms with Gasteiger partial charge in [-0.2, -0.15) is 0 Å². The van der Waals surface area contributed by atoms with Crippen molar-refractivity contribution in [1.82, 2.24) is 19.4 Å². The molecule has 0 amide bonds. The molecule has 1 atom stereocenters. The summed E-state index contributed by atoms with van der Waals surface area (Å²) in [6, 6.07) is 16.2. The van der Waals surface area contributed by atoms with Crippen LogP contribution in [0, 0.1) is 5.82 Å². The minimum atomic E-state index is -0.401. The molecule has 0 N–H and O–H groups in total. The molecule has 9 nitrogen and oxygen atoms in total. The van der Waals surface area contributed by atoms with Gasteiger partial charge in [0.05, 0.1) is 48.1 Å². The van der Waals surface area contributed by atoms with Crippen LogP contribution in [0.4, 0.5) is 4.39 Å². The molecule has 0 spiro atoms. The Bertz CT molecular complexity index is 1770. The lowest BCUT2D eigenvalue weighted by molar-refractivity contribution is -0.140. The number of carbonyl (C=O) groups excluding carboxylic acids is 1. The van der Waals surface area contributed by atoms with E-state index in [1.165, 1.54) is 6.07 Å². The fourth-order valence-electron chi connectivity index (χ4n) is 5.52. The van der Waals surface area contributed by atoms with Crippen LogP contribution in [0.15, 0.2) is 65.8 Å². The average Bonchev–Trinajstić information content (AvgIpc) is 3.57. The van der Waals surface area contributed by atoms with E-state index >= 15 is 0 Å². The molecule has 3 aliphatic rings. The Morgan fingerprint density at radius 3 is 2.77 bits per heavy atom. The van der Waals surface area contributed by atoms with E-state index in [-0.39, 0.29) is 25.1 Å². The standard InChI is InChI=1S/C32H29ClFN5O4/c33-23-6-4-22(25(34)15-23)19-42-31-3-1-2-26(36-31)20-8-11-38(12-9-20)18-30-35-27-7-5-21(28-16-32(40)43-37-28)14-29(27)39(30)17-24-10-13-41-24/h1-8,14-15,24H,9-13,16-19H2/t24-/m0/s1. The SMILES string of the molecule is O=C1CC(c2ccc3nc(CN4CC=C(c5cccc(OCc6ccc(Cl)cc6F)n5)CC4)n(C[C@@H]4CCO4)c3c2)=NO1. The van der Waals surface area contributed by atoms with Crippen molar-refractivity contribution in [2.24, 2.45) is 5.16 Å². The van der Waals surface area contributed by atoms with Gasteiger partial charge in [0, 0.05) is 41.9 Å². The van der Waals surface area contributed by atoms with Crippen LogP contribution < -0.4 is 4.74 Å². The van der Waals surface area contributed by atoms with E-state index in [1.54, 1.807) is 18.2 Å². The molecule has 0 unspecified atom stereocenters. The van der Waals surface area contributed by atoms with Crippen molar-refractivity contribution >= 4 is 39.9 Å². The Morgan fingerprint density at radius 1 is 1.12 bits per heavy atom. The van der Waals surface area contributed by atoms with Gasteiger partial charge in [-0.25, -0.2) is 19.2 Å². The second kappa shape index (κ2) is 11.9. The fourth-order valence-corrected chi connectivity index (χ4v) is 5.68. The van der Waals surface area contributed by atoms with E-state index in [9.17, 15) is 9.18 Å². The van der Waals surface area contributed by atoms with E-state index in [4.69, 9.17) is 30.9 Å². The van der Waals surface area contributed by atoms with Crippen LogP contribution in [0.1, 0.15) is 41.9 Å².